The summed E-state index contributed by atoms with van der Waals surface area (Å²) in [4.78, 5) is 20.4. The van der Waals surface area contributed by atoms with Crippen LogP contribution in [0.5, 0.6) is 0 Å². The molecule has 35 heavy (non-hydrogen) atoms. The van der Waals surface area contributed by atoms with Gasteiger partial charge in [-0.05, 0) is 71.2 Å². The standard InChI is InChI=1S/C32H28N2O/c1-3-28-24-17-21(2)20-32(28,29-14-15-31(35)34-30(29)19-24)33-16-8-13-27-25-11-6-4-9-22(25)18-23-10-5-7-12-26(23)27/h3-18,24H,19-20H2,1-2H3,(H,34,35)/b13-8+,28-3+,33-16+/t24-,32+/m0/s1. The van der Waals surface area contributed by atoms with E-state index in [9.17, 15) is 4.79 Å². The van der Waals surface area contributed by atoms with Gasteiger partial charge in [-0.2, -0.15) is 0 Å². The Bertz CT molecular complexity index is 1600. The van der Waals surface area contributed by atoms with E-state index in [1.165, 1.54) is 38.3 Å². The van der Waals surface area contributed by atoms with Crippen LogP contribution in [0.4, 0.5) is 0 Å². The maximum atomic E-state index is 12.1. The van der Waals surface area contributed by atoms with Gasteiger partial charge in [0.05, 0.1) is 0 Å². The molecule has 4 aromatic rings. The predicted octanol–water partition coefficient (Wildman–Crippen LogP) is 7.13. The number of aromatic nitrogens is 1. The third-order valence-electron chi connectivity index (χ3n) is 7.54. The van der Waals surface area contributed by atoms with E-state index in [0.29, 0.717) is 0 Å². The maximum Gasteiger partial charge on any atom is 0.248 e. The first kappa shape index (κ1) is 21.5. The van der Waals surface area contributed by atoms with Crippen LogP contribution in [0.1, 0.15) is 37.1 Å². The smallest absolute Gasteiger partial charge is 0.248 e. The Balaban J connectivity index is 1.47. The van der Waals surface area contributed by atoms with E-state index in [2.05, 4.69) is 97.7 Å². The highest BCUT2D eigenvalue weighted by atomic mass is 16.1. The van der Waals surface area contributed by atoms with Gasteiger partial charge >= 0.3 is 0 Å². The highest BCUT2D eigenvalue weighted by molar-refractivity contribution is 6.07. The number of nitrogens with zero attached hydrogens (tertiary/aromatic N) is 1. The van der Waals surface area contributed by atoms with Crippen LogP contribution in [-0.2, 0) is 12.0 Å². The van der Waals surface area contributed by atoms with Crippen molar-refractivity contribution in [1.82, 2.24) is 4.98 Å². The first-order chi connectivity index (χ1) is 17.1. The maximum absolute atomic E-state index is 12.1. The number of benzene rings is 3. The van der Waals surface area contributed by atoms with E-state index in [-0.39, 0.29) is 11.5 Å². The molecule has 2 bridgehead atoms. The lowest BCUT2D eigenvalue weighted by Gasteiger charge is -2.45. The molecule has 1 N–H and O–H groups in total. The molecule has 2 aliphatic rings. The van der Waals surface area contributed by atoms with Crippen molar-refractivity contribution in [3.05, 3.63) is 123 Å². The fraction of sp³-hybridized carbons (Fsp3) is 0.188. The quantitative estimate of drug-likeness (QED) is 0.199. The van der Waals surface area contributed by atoms with Crippen molar-refractivity contribution in [3.63, 3.8) is 0 Å². The molecule has 3 heteroatoms. The number of rotatable bonds is 3. The summed E-state index contributed by atoms with van der Waals surface area (Å²) < 4.78 is 0. The Hall–Kier alpha value is -3.98. The second-order valence-electron chi connectivity index (χ2n) is 9.69. The minimum absolute atomic E-state index is 0.0479. The first-order valence-corrected chi connectivity index (χ1v) is 12.3. The highest BCUT2D eigenvalue weighted by Gasteiger charge is 2.46. The number of aliphatic imine (C=N–C) groups is 1. The van der Waals surface area contributed by atoms with E-state index in [1.54, 1.807) is 6.07 Å². The summed E-state index contributed by atoms with van der Waals surface area (Å²) in [6, 6.07) is 22.9. The van der Waals surface area contributed by atoms with Crippen LogP contribution in [0, 0.1) is 5.92 Å². The number of pyridine rings is 1. The summed E-state index contributed by atoms with van der Waals surface area (Å²) in [6.45, 7) is 4.30. The Morgan fingerprint density at radius 2 is 1.71 bits per heavy atom. The Kier molecular flexibility index (Phi) is 5.14. The summed E-state index contributed by atoms with van der Waals surface area (Å²) in [6.07, 6.45) is 12.4. The molecule has 0 spiro atoms. The van der Waals surface area contributed by atoms with Gasteiger partial charge < -0.3 is 4.98 Å². The number of H-pyrrole nitrogens is 1. The van der Waals surface area contributed by atoms with Gasteiger partial charge in [-0.15, -0.1) is 0 Å². The minimum Gasteiger partial charge on any atom is -0.326 e. The van der Waals surface area contributed by atoms with Gasteiger partial charge in [0.15, 0.2) is 0 Å². The van der Waals surface area contributed by atoms with Gasteiger partial charge in [0.2, 0.25) is 5.56 Å². The molecule has 3 nitrogen and oxygen atoms in total. The minimum atomic E-state index is -0.471. The molecule has 0 amide bonds. The van der Waals surface area contributed by atoms with Crippen LogP contribution in [0.2, 0.25) is 0 Å². The van der Waals surface area contributed by atoms with Crippen LogP contribution >= 0.6 is 0 Å². The number of hydrogen-bond acceptors (Lipinski definition) is 2. The Morgan fingerprint density at radius 3 is 2.43 bits per heavy atom. The van der Waals surface area contributed by atoms with Crippen LogP contribution in [0.25, 0.3) is 27.6 Å². The molecule has 6 rings (SSSR count). The summed E-state index contributed by atoms with van der Waals surface area (Å²) in [7, 11) is 0. The van der Waals surface area contributed by atoms with Crippen molar-refractivity contribution in [3.8, 4) is 0 Å². The predicted molar refractivity (Wildman–Crippen MR) is 147 cm³/mol. The van der Waals surface area contributed by atoms with Crippen molar-refractivity contribution in [2.24, 2.45) is 10.9 Å². The molecule has 1 aromatic heterocycles. The highest BCUT2D eigenvalue weighted by Crippen LogP contribution is 2.51. The number of hydrogen-bond donors (Lipinski definition) is 1. The Labute approximate surface area is 205 Å². The zero-order valence-corrected chi connectivity index (χ0v) is 20.1. The molecule has 2 aliphatic carbocycles. The van der Waals surface area contributed by atoms with Crippen molar-refractivity contribution < 1.29 is 0 Å². The SMILES string of the molecule is C/C=C1\[C@H]2C=C(C)C[C@]1(/N=C/C=C/c1c3ccccc3cc3ccccc13)c1ccc(=O)[nH]c1C2. The number of allylic oxidation sites excluding steroid dienone is 3. The lowest BCUT2D eigenvalue weighted by Crippen LogP contribution is -2.40. The molecule has 0 unspecified atom stereocenters. The number of fused-ring (bicyclic) bond motifs is 6. The van der Waals surface area contributed by atoms with E-state index in [1.807, 2.05) is 12.3 Å². The molecule has 172 valence electrons. The van der Waals surface area contributed by atoms with Crippen molar-refractivity contribution >= 4 is 33.8 Å². The summed E-state index contributed by atoms with van der Waals surface area (Å²) in [5.74, 6) is 0.266. The van der Waals surface area contributed by atoms with E-state index in [0.717, 1.165) is 24.1 Å². The second kappa shape index (κ2) is 8.35. The van der Waals surface area contributed by atoms with Gasteiger partial charge in [0.25, 0.3) is 0 Å². The van der Waals surface area contributed by atoms with Gasteiger partial charge in [0.1, 0.15) is 5.54 Å². The van der Waals surface area contributed by atoms with Crippen LogP contribution in [-0.4, -0.2) is 11.2 Å². The zero-order valence-electron chi connectivity index (χ0n) is 20.1. The topological polar surface area (TPSA) is 45.2 Å². The van der Waals surface area contributed by atoms with Crippen molar-refractivity contribution in [2.75, 3.05) is 0 Å². The Morgan fingerprint density at radius 1 is 1.00 bits per heavy atom. The second-order valence-corrected chi connectivity index (χ2v) is 9.69. The molecule has 1 heterocycles. The van der Waals surface area contributed by atoms with Crippen LogP contribution in [0.3, 0.4) is 0 Å². The summed E-state index contributed by atoms with van der Waals surface area (Å²) >= 11 is 0. The lowest BCUT2D eigenvalue weighted by atomic mass is 9.63. The number of nitrogens with one attached hydrogen (secondary N) is 1. The molecular weight excluding hydrogens is 428 g/mol. The van der Waals surface area contributed by atoms with Crippen LogP contribution in [0.15, 0.2) is 106 Å². The largest absolute Gasteiger partial charge is 0.326 e. The molecule has 2 atom stereocenters. The van der Waals surface area contributed by atoms with Gasteiger partial charge in [-0.3, -0.25) is 9.79 Å². The van der Waals surface area contributed by atoms with Gasteiger partial charge in [-0.25, -0.2) is 0 Å². The molecule has 0 saturated heterocycles. The van der Waals surface area contributed by atoms with E-state index >= 15 is 0 Å². The fourth-order valence-electron chi connectivity index (χ4n) is 6.19. The van der Waals surface area contributed by atoms with E-state index in [4.69, 9.17) is 4.99 Å². The average molecular weight is 457 g/mol. The fourth-order valence-corrected chi connectivity index (χ4v) is 6.19. The monoisotopic (exact) mass is 456 g/mol. The van der Waals surface area contributed by atoms with Crippen LogP contribution < -0.4 is 5.56 Å². The molecule has 0 aliphatic heterocycles. The molecule has 3 aromatic carbocycles. The van der Waals surface area contributed by atoms with E-state index < -0.39 is 5.54 Å². The first-order valence-electron chi connectivity index (χ1n) is 12.3. The molecule has 0 saturated carbocycles. The number of aromatic amines is 1. The summed E-state index contributed by atoms with van der Waals surface area (Å²) in [5, 5.41) is 4.94. The summed E-state index contributed by atoms with van der Waals surface area (Å²) in [5.41, 5.74) is 5.49. The molecular formula is C32H28N2O. The molecule has 0 radical (unpaired) electrons. The zero-order chi connectivity index (χ0) is 24.0. The van der Waals surface area contributed by atoms with Crippen molar-refractivity contribution in [1.29, 1.82) is 0 Å². The normalized spacial score (nSPS) is 22.9. The third kappa shape index (κ3) is 3.50. The van der Waals surface area contributed by atoms with Crippen molar-refractivity contribution in [2.45, 2.75) is 32.2 Å². The van der Waals surface area contributed by atoms with Gasteiger partial charge in [-0.1, -0.05) is 72.3 Å². The molecule has 0 fully saturated rings. The third-order valence-corrected chi connectivity index (χ3v) is 7.54. The lowest BCUT2D eigenvalue weighted by molar-refractivity contribution is 0.413. The average Bonchev–Trinajstić information content (AvgIpc) is 2.85. The van der Waals surface area contributed by atoms with Gasteiger partial charge in [0, 0.05) is 35.9 Å².